The van der Waals surface area contributed by atoms with E-state index in [1.165, 1.54) is 32.5 Å². The third-order valence-corrected chi connectivity index (χ3v) is 2.66. The molecule has 0 bridgehead atoms. The van der Waals surface area contributed by atoms with E-state index in [0.717, 1.165) is 0 Å². The summed E-state index contributed by atoms with van der Waals surface area (Å²) in [5.41, 5.74) is 0.617. The molecule has 1 aliphatic rings. The molecule has 1 aliphatic heterocycles. The van der Waals surface area contributed by atoms with Crippen LogP contribution in [0.3, 0.4) is 0 Å². The number of nitrogens with zero attached hydrogens (tertiary/aromatic N) is 1. The molecule has 0 spiro atoms. The lowest BCUT2D eigenvalue weighted by atomic mass is 9.83. The SMILES string of the molecule is CCN1CCC(C)(C)CC1. The van der Waals surface area contributed by atoms with E-state index in [1.807, 2.05) is 0 Å². The molecule has 1 rings (SSSR count). The standard InChI is InChI=1S/C9H19N/c1-4-10-7-5-9(2,3)6-8-10/h4-8H2,1-3H3. The lowest BCUT2D eigenvalue weighted by Crippen LogP contribution is -2.36. The molecular weight excluding hydrogens is 122 g/mol. The molecule has 0 radical (unpaired) electrons. The van der Waals surface area contributed by atoms with Crippen molar-refractivity contribution in [2.75, 3.05) is 19.6 Å². The van der Waals surface area contributed by atoms with Gasteiger partial charge >= 0.3 is 0 Å². The summed E-state index contributed by atoms with van der Waals surface area (Å²) in [5.74, 6) is 0. The Morgan fingerprint density at radius 1 is 1.20 bits per heavy atom. The fourth-order valence-electron chi connectivity index (χ4n) is 1.47. The number of rotatable bonds is 1. The van der Waals surface area contributed by atoms with Crippen LogP contribution in [-0.2, 0) is 0 Å². The predicted octanol–water partition coefficient (Wildman–Crippen LogP) is 2.13. The highest BCUT2D eigenvalue weighted by Gasteiger charge is 2.23. The van der Waals surface area contributed by atoms with E-state index in [9.17, 15) is 0 Å². The Labute approximate surface area is 64.4 Å². The van der Waals surface area contributed by atoms with Gasteiger partial charge in [0.2, 0.25) is 0 Å². The van der Waals surface area contributed by atoms with E-state index in [4.69, 9.17) is 0 Å². The van der Waals surface area contributed by atoms with Crippen LogP contribution in [0.4, 0.5) is 0 Å². The summed E-state index contributed by atoms with van der Waals surface area (Å²) in [4.78, 5) is 2.53. The highest BCUT2D eigenvalue weighted by atomic mass is 15.1. The van der Waals surface area contributed by atoms with Crippen LogP contribution < -0.4 is 0 Å². The zero-order valence-corrected chi connectivity index (χ0v) is 7.48. The van der Waals surface area contributed by atoms with Crippen molar-refractivity contribution < 1.29 is 0 Å². The summed E-state index contributed by atoms with van der Waals surface area (Å²) in [6, 6.07) is 0. The van der Waals surface area contributed by atoms with Gasteiger partial charge in [0.1, 0.15) is 0 Å². The Hall–Kier alpha value is -0.0400. The van der Waals surface area contributed by atoms with Crippen LogP contribution in [0.5, 0.6) is 0 Å². The van der Waals surface area contributed by atoms with Gasteiger partial charge in [-0.3, -0.25) is 0 Å². The molecule has 1 saturated heterocycles. The first kappa shape index (κ1) is 8.06. The summed E-state index contributed by atoms with van der Waals surface area (Å²) < 4.78 is 0. The third kappa shape index (κ3) is 1.98. The number of piperidine rings is 1. The third-order valence-electron chi connectivity index (χ3n) is 2.66. The van der Waals surface area contributed by atoms with Gasteiger partial charge in [-0.2, -0.15) is 0 Å². The molecule has 0 aliphatic carbocycles. The molecule has 0 N–H and O–H groups in total. The highest BCUT2D eigenvalue weighted by molar-refractivity contribution is 4.77. The zero-order valence-electron chi connectivity index (χ0n) is 7.48. The maximum Gasteiger partial charge on any atom is -0.00138 e. The summed E-state index contributed by atoms with van der Waals surface area (Å²) in [5, 5.41) is 0. The lowest BCUT2D eigenvalue weighted by molar-refractivity contribution is 0.138. The second-order valence-electron chi connectivity index (χ2n) is 4.10. The highest BCUT2D eigenvalue weighted by Crippen LogP contribution is 2.29. The second-order valence-corrected chi connectivity index (χ2v) is 4.10. The molecule has 1 heteroatoms. The molecule has 1 nitrogen and oxygen atoms in total. The monoisotopic (exact) mass is 141 g/mol. The first-order chi connectivity index (χ1) is 4.64. The van der Waals surface area contributed by atoms with E-state index in [2.05, 4.69) is 25.7 Å². The molecule has 1 fully saturated rings. The Morgan fingerprint density at radius 2 is 1.70 bits per heavy atom. The van der Waals surface area contributed by atoms with E-state index in [0.29, 0.717) is 5.41 Å². The maximum absolute atomic E-state index is 2.53. The fraction of sp³-hybridized carbons (Fsp3) is 1.00. The maximum atomic E-state index is 2.53. The number of likely N-dealkylation sites (tertiary alicyclic amines) is 1. The van der Waals surface area contributed by atoms with Crippen LogP contribution in [0, 0.1) is 5.41 Å². The Bertz CT molecular complexity index is 97.3. The minimum Gasteiger partial charge on any atom is -0.304 e. The van der Waals surface area contributed by atoms with Gasteiger partial charge in [0.25, 0.3) is 0 Å². The first-order valence-corrected chi connectivity index (χ1v) is 4.36. The number of hydrogen-bond acceptors (Lipinski definition) is 1. The topological polar surface area (TPSA) is 3.24 Å². The Kier molecular flexibility index (Phi) is 2.35. The van der Waals surface area contributed by atoms with Crippen LogP contribution >= 0.6 is 0 Å². The first-order valence-electron chi connectivity index (χ1n) is 4.36. The van der Waals surface area contributed by atoms with Gasteiger partial charge in [-0.25, -0.2) is 0 Å². The van der Waals surface area contributed by atoms with Crippen molar-refractivity contribution in [1.82, 2.24) is 4.90 Å². The summed E-state index contributed by atoms with van der Waals surface area (Å²) in [6.45, 7) is 10.8. The van der Waals surface area contributed by atoms with Gasteiger partial charge in [0, 0.05) is 0 Å². The Morgan fingerprint density at radius 3 is 2.10 bits per heavy atom. The predicted molar refractivity (Wildman–Crippen MR) is 45.1 cm³/mol. The van der Waals surface area contributed by atoms with Crippen LogP contribution in [-0.4, -0.2) is 24.5 Å². The van der Waals surface area contributed by atoms with E-state index >= 15 is 0 Å². The molecule has 0 unspecified atom stereocenters. The average Bonchev–Trinajstić information content (AvgIpc) is 1.88. The minimum absolute atomic E-state index is 0.617. The minimum atomic E-state index is 0.617. The van der Waals surface area contributed by atoms with Crippen molar-refractivity contribution >= 4 is 0 Å². The molecule has 0 aromatic carbocycles. The largest absolute Gasteiger partial charge is 0.304 e. The van der Waals surface area contributed by atoms with E-state index < -0.39 is 0 Å². The van der Waals surface area contributed by atoms with Gasteiger partial charge < -0.3 is 4.90 Å². The van der Waals surface area contributed by atoms with Crippen molar-refractivity contribution in [2.45, 2.75) is 33.6 Å². The molecule has 0 atom stereocenters. The van der Waals surface area contributed by atoms with Crippen molar-refractivity contribution in [2.24, 2.45) is 5.41 Å². The normalized spacial score (nSPS) is 26.7. The van der Waals surface area contributed by atoms with Crippen LogP contribution in [0.1, 0.15) is 33.6 Å². The van der Waals surface area contributed by atoms with Gasteiger partial charge in [0.05, 0.1) is 0 Å². The summed E-state index contributed by atoms with van der Waals surface area (Å²) in [7, 11) is 0. The zero-order chi connectivity index (χ0) is 7.61. The van der Waals surface area contributed by atoms with E-state index in [-0.39, 0.29) is 0 Å². The van der Waals surface area contributed by atoms with Crippen molar-refractivity contribution in [3.05, 3.63) is 0 Å². The lowest BCUT2D eigenvalue weighted by Gasteiger charge is -2.36. The van der Waals surface area contributed by atoms with Crippen LogP contribution in [0.15, 0.2) is 0 Å². The molecular formula is C9H19N. The smallest absolute Gasteiger partial charge is 0.00138 e. The molecule has 0 saturated carbocycles. The summed E-state index contributed by atoms with van der Waals surface area (Å²) >= 11 is 0. The second kappa shape index (κ2) is 2.91. The molecule has 0 aromatic rings. The van der Waals surface area contributed by atoms with Crippen molar-refractivity contribution in [3.8, 4) is 0 Å². The molecule has 0 aromatic heterocycles. The van der Waals surface area contributed by atoms with Gasteiger partial charge in [-0.1, -0.05) is 20.8 Å². The molecule has 0 amide bonds. The van der Waals surface area contributed by atoms with Gasteiger partial charge in [-0.05, 0) is 37.9 Å². The number of hydrogen-bond donors (Lipinski definition) is 0. The van der Waals surface area contributed by atoms with Gasteiger partial charge in [-0.15, -0.1) is 0 Å². The fourth-order valence-corrected chi connectivity index (χ4v) is 1.47. The average molecular weight is 141 g/mol. The van der Waals surface area contributed by atoms with Crippen molar-refractivity contribution in [3.63, 3.8) is 0 Å². The van der Waals surface area contributed by atoms with Gasteiger partial charge in [0.15, 0.2) is 0 Å². The molecule has 1 heterocycles. The van der Waals surface area contributed by atoms with Crippen molar-refractivity contribution in [1.29, 1.82) is 0 Å². The van der Waals surface area contributed by atoms with Crippen LogP contribution in [0.25, 0.3) is 0 Å². The van der Waals surface area contributed by atoms with E-state index in [1.54, 1.807) is 0 Å². The molecule has 60 valence electrons. The quantitative estimate of drug-likeness (QED) is 0.540. The Balaban J connectivity index is 2.31. The molecule has 10 heavy (non-hydrogen) atoms. The van der Waals surface area contributed by atoms with Crippen LogP contribution in [0.2, 0.25) is 0 Å². The summed E-state index contributed by atoms with van der Waals surface area (Å²) in [6.07, 6.45) is 2.75.